The van der Waals surface area contributed by atoms with Gasteiger partial charge in [-0.1, -0.05) is 18.2 Å². The van der Waals surface area contributed by atoms with E-state index >= 15 is 0 Å². The van der Waals surface area contributed by atoms with Gasteiger partial charge in [0.2, 0.25) is 0 Å². The van der Waals surface area contributed by atoms with Crippen LogP contribution in [-0.2, 0) is 0 Å². The number of hydrogen-bond acceptors (Lipinski definition) is 4. The second-order valence-electron chi connectivity index (χ2n) is 6.61. The summed E-state index contributed by atoms with van der Waals surface area (Å²) in [5.74, 6) is -0.437. The molecule has 2 aromatic rings. The zero-order chi connectivity index (χ0) is 18.3. The first-order valence-corrected chi connectivity index (χ1v) is 8.75. The lowest BCUT2D eigenvalue weighted by Gasteiger charge is -2.24. The molecular formula is C20H20FNO4. The van der Waals surface area contributed by atoms with E-state index in [1.165, 1.54) is 19.2 Å². The van der Waals surface area contributed by atoms with Crippen LogP contribution in [0.5, 0.6) is 11.5 Å². The van der Waals surface area contributed by atoms with Gasteiger partial charge in [0.15, 0.2) is 23.5 Å². The first kappa shape index (κ1) is 16.8. The van der Waals surface area contributed by atoms with E-state index in [1.54, 1.807) is 24.3 Å². The lowest BCUT2D eigenvalue weighted by Crippen LogP contribution is -2.28. The van der Waals surface area contributed by atoms with Crippen LogP contribution in [0.1, 0.15) is 47.8 Å². The molecule has 0 spiro atoms. The van der Waals surface area contributed by atoms with E-state index in [-0.39, 0.29) is 17.5 Å². The largest absolute Gasteiger partial charge is 0.493 e. The number of halogens is 1. The molecule has 2 aliphatic rings. The minimum absolute atomic E-state index is 0.0208. The van der Waals surface area contributed by atoms with Gasteiger partial charge in [-0.2, -0.15) is 0 Å². The van der Waals surface area contributed by atoms with E-state index in [4.69, 9.17) is 9.47 Å². The van der Waals surface area contributed by atoms with Gasteiger partial charge in [0.25, 0.3) is 5.91 Å². The Balaban J connectivity index is 1.73. The molecule has 6 heteroatoms. The predicted molar refractivity (Wildman–Crippen MR) is 94.0 cm³/mol. The summed E-state index contributed by atoms with van der Waals surface area (Å²) in [5.41, 5.74) is 0.812. The van der Waals surface area contributed by atoms with E-state index in [0.717, 1.165) is 30.6 Å². The molecule has 1 aliphatic heterocycles. The molecule has 136 valence electrons. The number of nitrogens with zero attached hydrogens (tertiary/aromatic N) is 1. The lowest BCUT2D eigenvalue weighted by atomic mass is 10.1. The standard InChI is InChI=1S/C20H20FNO4/c1-25-17-10-15(21)16(11-18(17)26-12-6-2-3-7-12)22-19(23)13-8-4-5-9-14(13)20(22)24/h4-5,8-12,19,23H,2-3,6-7H2,1H3. The monoisotopic (exact) mass is 357 g/mol. The van der Waals surface area contributed by atoms with Crippen LogP contribution in [0.3, 0.4) is 0 Å². The number of carbonyl (C=O) groups is 1. The fraction of sp³-hybridized carbons (Fsp3) is 0.350. The van der Waals surface area contributed by atoms with Gasteiger partial charge in [0.1, 0.15) is 0 Å². The van der Waals surface area contributed by atoms with Crippen LogP contribution in [0, 0.1) is 5.82 Å². The van der Waals surface area contributed by atoms with Crippen LogP contribution >= 0.6 is 0 Å². The van der Waals surface area contributed by atoms with E-state index in [1.807, 2.05) is 0 Å². The molecular weight excluding hydrogens is 337 g/mol. The van der Waals surface area contributed by atoms with E-state index in [2.05, 4.69) is 0 Å². The van der Waals surface area contributed by atoms with Crippen molar-refractivity contribution in [3.05, 3.63) is 53.3 Å². The zero-order valence-electron chi connectivity index (χ0n) is 14.4. The Hall–Kier alpha value is -2.60. The van der Waals surface area contributed by atoms with Crippen LogP contribution in [0.4, 0.5) is 10.1 Å². The highest BCUT2D eigenvalue weighted by atomic mass is 19.1. The van der Waals surface area contributed by atoms with Gasteiger partial charge in [-0.15, -0.1) is 0 Å². The normalized spacial score (nSPS) is 19.7. The van der Waals surface area contributed by atoms with Crippen molar-refractivity contribution in [3.8, 4) is 11.5 Å². The number of methoxy groups -OCH3 is 1. The first-order valence-electron chi connectivity index (χ1n) is 8.75. The quantitative estimate of drug-likeness (QED) is 0.904. The van der Waals surface area contributed by atoms with Crippen LogP contribution in [-0.4, -0.2) is 24.2 Å². The summed E-state index contributed by atoms with van der Waals surface area (Å²) in [6, 6.07) is 9.37. The highest BCUT2D eigenvalue weighted by molar-refractivity contribution is 6.10. The molecule has 1 aliphatic carbocycles. The van der Waals surface area contributed by atoms with Gasteiger partial charge < -0.3 is 14.6 Å². The summed E-state index contributed by atoms with van der Waals surface area (Å²) in [6.45, 7) is 0. The molecule has 5 nitrogen and oxygen atoms in total. The molecule has 0 radical (unpaired) electrons. The highest BCUT2D eigenvalue weighted by Crippen LogP contribution is 2.42. The number of amides is 1. The number of carbonyl (C=O) groups excluding carboxylic acids is 1. The lowest BCUT2D eigenvalue weighted by molar-refractivity contribution is 0.0933. The van der Waals surface area contributed by atoms with E-state index in [0.29, 0.717) is 16.9 Å². The number of fused-ring (bicyclic) bond motifs is 1. The maximum atomic E-state index is 14.7. The average molecular weight is 357 g/mol. The maximum absolute atomic E-state index is 14.7. The highest BCUT2D eigenvalue weighted by Gasteiger charge is 2.38. The van der Waals surface area contributed by atoms with Crippen molar-refractivity contribution >= 4 is 11.6 Å². The number of hydrogen-bond donors (Lipinski definition) is 1. The molecule has 0 bridgehead atoms. The first-order chi connectivity index (χ1) is 12.6. The second-order valence-corrected chi connectivity index (χ2v) is 6.61. The maximum Gasteiger partial charge on any atom is 0.261 e. The number of benzene rings is 2. The topological polar surface area (TPSA) is 59.0 Å². The fourth-order valence-corrected chi connectivity index (χ4v) is 3.68. The van der Waals surface area contributed by atoms with Crippen molar-refractivity contribution in [2.45, 2.75) is 38.0 Å². The number of anilines is 1. The Morgan fingerprint density at radius 2 is 1.88 bits per heavy atom. The Kier molecular flexibility index (Phi) is 4.28. The average Bonchev–Trinajstić information content (AvgIpc) is 3.24. The van der Waals surface area contributed by atoms with Crippen molar-refractivity contribution < 1.29 is 23.8 Å². The van der Waals surface area contributed by atoms with Crippen molar-refractivity contribution in [3.63, 3.8) is 0 Å². The van der Waals surface area contributed by atoms with Crippen LogP contribution in [0.25, 0.3) is 0 Å². The number of rotatable bonds is 4. The van der Waals surface area contributed by atoms with Gasteiger partial charge in [-0.3, -0.25) is 9.69 Å². The SMILES string of the molecule is COc1cc(F)c(N2C(=O)c3ccccc3C2O)cc1OC1CCCC1. The van der Waals surface area contributed by atoms with Gasteiger partial charge in [-0.05, 0) is 31.7 Å². The predicted octanol–water partition coefficient (Wildman–Crippen LogP) is 3.81. The molecule has 1 fully saturated rings. The summed E-state index contributed by atoms with van der Waals surface area (Å²) in [4.78, 5) is 13.8. The second kappa shape index (κ2) is 6.61. The molecule has 1 heterocycles. The van der Waals surface area contributed by atoms with Crippen LogP contribution < -0.4 is 14.4 Å². The molecule has 1 atom stereocenters. The minimum atomic E-state index is -1.24. The molecule has 1 unspecified atom stereocenters. The Morgan fingerprint density at radius 1 is 1.15 bits per heavy atom. The molecule has 0 aromatic heterocycles. The van der Waals surface area contributed by atoms with Crippen LogP contribution in [0.2, 0.25) is 0 Å². The third kappa shape index (κ3) is 2.70. The Labute approximate surface area is 151 Å². The van der Waals surface area contributed by atoms with Crippen molar-refractivity contribution in [1.82, 2.24) is 0 Å². The van der Waals surface area contributed by atoms with Gasteiger partial charge in [-0.25, -0.2) is 4.39 Å². The summed E-state index contributed by atoms with van der Waals surface area (Å²) in [5, 5.41) is 10.6. The fourth-order valence-electron chi connectivity index (χ4n) is 3.68. The summed E-state index contributed by atoms with van der Waals surface area (Å²) in [7, 11) is 1.45. The smallest absolute Gasteiger partial charge is 0.261 e. The van der Waals surface area contributed by atoms with Crippen molar-refractivity contribution in [2.24, 2.45) is 0 Å². The molecule has 0 saturated heterocycles. The number of aliphatic hydroxyl groups is 1. The molecule has 1 N–H and O–H groups in total. The summed E-state index contributed by atoms with van der Waals surface area (Å²) < 4.78 is 25.9. The third-order valence-corrected chi connectivity index (χ3v) is 5.02. The van der Waals surface area contributed by atoms with Gasteiger partial charge in [0.05, 0.1) is 18.9 Å². The minimum Gasteiger partial charge on any atom is -0.493 e. The number of ether oxygens (including phenoxy) is 2. The molecule has 26 heavy (non-hydrogen) atoms. The summed E-state index contributed by atoms with van der Waals surface area (Å²) >= 11 is 0. The van der Waals surface area contributed by atoms with E-state index < -0.39 is 18.0 Å². The molecule has 1 saturated carbocycles. The third-order valence-electron chi connectivity index (χ3n) is 5.02. The van der Waals surface area contributed by atoms with Crippen LogP contribution in [0.15, 0.2) is 36.4 Å². The number of aliphatic hydroxyl groups excluding tert-OH is 1. The van der Waals surface area contributed by atoms with Crippen molar-refractivity contribution in [1.29, 1.82) is 0 Å². The van der Waals surface area contributed by atoms with Crippen molar-refractivity contribution in [2.75, 3.05) is 12.0 Å². The van der Waals surface area contributed by atoms with Gasteiger partial charge in [0, 0.05) is 23.3 Å². The summed E-state index contributed by atoms with van der Waals surface area (Å²) in [6.07, 6.45) is 2.89. The Morgan fingerprint density at radius 3 is 2.58 bits per heavy atom. The van der Waals surface area contributed by atoms with E-state index in [9.17, 15) is 14.3 Å². The molecule has 2 aromatic carbocycles. The molecule has 1 amide bonds. The zero-order valence-corrected chi connectivity index (χ0v) is 14.4. The van der Waals surface area contributed by atoms with Gasteiger partial charge >= 0.3 is 0 Å². The Bertz CT molecular complexity index is 848. The molecule has 4 rings (SSSR count).